The molecule has 0 saturated carbocycles. The summed E-state index contributed by atoms with van der Waals surface area (Å²) >= 11 is 0. The van der Waals surface area contributed by atoms with Crippen molar-refractivity contribution in [3.63, 3.8) is 0 Å². The molecule has 0 unspecified atom stereocenters. The van der Waals surface area contributed by atoms with Crippen molar-refractivity contribution >= 4 is 12.2 Å². The number of nitrogens with zero attached hydrogens (tertiary/aromatic N) is 1. The highest BCUT2D eigenvalue weighted by atomic mass is 16.5. The molecule has 0 N–H and O–H groups in total. The van der Waals surface area contributed by atoms with Crippen LogP contribution in [0.2, 0.25) is 0 Å². The zero-order valence-electron chi connectivity index (χ0n) is 16.3. The predicted molar refractivity (Wildman–Crippen MR) is 111 cm³/mol. The molecule has 0 bridgehead atoms. The van der Waals surface area contributed by atoms with E-state index in [4.69, 9.17) is 9.47 Å². The Morgan fingerprint density at radius 3 is 2.00 bits per heavy atom. The molecule has 1 amide bonds. The highest BCUT2D eigenvalue weighted by Gasteiger charge is 2.16. The van der Waals surface area contributed by atoms with Crippen LogP contribution in [0.25, 0.3) is 0 Å². The van der Waals surface area contributed by atoms with Crippen molar-refractivity contribution in [3.8, 4) is 11.5 Å². The first kappa shape index (κ1) is 20.1. The van der Waals surface area contributed by atoms with E-state index < -0.39 is 0 Å². The van der Waals surface area contributed by atoms with E-state index in [-0.39, 0.29) is 12.5 Å². The minimum atomic E-state index is -0.162. The monoisotopic (exact) mass is 389 g/mol. The van der Waals surface area contributed by atoms with Gasteiger partial charge in [0.05, 0.1) is 12.7 Å². The fourth-order valence-electron chi connectivity index (χ4n) is 2.95. The van der Waals surface area contributed by atoms with Crippen molar-refractivity contribution in [2.45, 2.75) is 13.1 Å². The predicted octanol–water partition coefficient (Wildman–Crippen LogP) is 4.12. The zero-order chi connectivity index (χ0) is 20.5. The topological polar surface area (TPSA) is 55.8 Å². The van der Waals surface area contributed by atoms with E-state index in [2.05, 4.69) is 0 Å². The number of ether oxygens (including phenoxy) is 2. The van der Waals surface area contributed by atoms with Gasteiger partial charge in [0, 0.05) is 13.1 Å². The number of methoxy groups -OCH3 is 1. The third kappa shape index (κ3) is 5.69. The Kier molecular flexibility index (Phi) is 7.00. The van der Waals surface area contributed by atoms with Crippen LogP contribution in [0.4, 0.5) is 0 Å². The molecule has 5 nitrogen and oxygen atoms in total. The van der Waals surface area contributed by atoms with Gasteiger partial charge in [0.15, 0.2) is 12.9 Å². The second-order valence-electron chi connectivity index (χ2n) is 6.53. The lowest BCUT2D eigenvalue weighted by atomic mass is 10.1. The van der Waals surface area contributed by atoms with Crippen LogP contribution in [0.5, 0.6) is 11.5 Å². The lowest BCUT2D eigenvalue weighted by molar-refractivity contribution is -0.134. The number of benzene rings is 3. The van der Waals surface area contributed by atoms with E-state index in [0.717, 1.165) is 11.1 Å². The molecule has 0 aliphatic carbocycles. The second kappa shape index (κ2) is 10.1. The molecule has 5 heteroatoms. The first-order chi connectivity index (χ1) is 14.2. The van der Waals surface area contributed by atoms with Crippen LogP contribution < -0.4 is 9.47 Å². The van der Waals surface area contributed by atoms with E-state index in [1.54, 1.807) is 23.1 Å². The van der Waals surface area contributed by atoms with Crippen molar-refractivity contribution in [1.29, 1.82) is 0 Å². The summed E-state index contributed by atoms with van der Waals surface area (Å²) in [6.45, 7) is 0.787. The highest BCUT2D eigenvalue weighted by molar-refractivity contribution is 5.81. The molecule has 0 atom stereocenters. The molecule has 0 radical (unpaired) electrons. The molecule has 0 fully saturated rings. The quantitative estimate of drug-likeness (QED) is 0.517. The van der Waals surface area contributed by atoms with Gasteiger partial charge in [-0.05, 0) is 29.3 Å². The van der Waals surface area contributed by atoms with Crippen molar-refractivity contribution in [2.75, 3.05) is 13.7 Å². The summed E-state index contributed by atoms with van der Waals surface area (Å²) in [6, 6.07) is 24.5. The molecular formula is C24H23NO4. The number of rotatable bonds is 9. The maximum absolute atomic E-state index is 12.9. The minimum Gasteiger partial charge on any atom is -0.497 e. The number of amides is 1. The average molecular weight is 389 g/mol. The summed E-state index contributed by atoms with van der Waals surface area (Å²) < 4.78 is 10.8. The summed E-state index contributed by atoms with van der Waals surface area (Å²) in [7, 11) is 1.53. The smallest absolute Gasteiger partial charge is 0.261 e. The van der Waals surface area contributed by atoms with Gasteiger partial charge in [0.1, 0.15) is 11.5 Å². The maximum Gasteiger partial charge on any atom is 0.261 e. The molecule has 29 heavy (non-hydrogen) atoms. The lowest BCUT2D eigenvalue weighted by Gasteiger charge is -2.23. The fourth-order valence-corrected chi connectivity index (χ4v) is 2.95. The van der Waals surface area contributed by atoms with Gasteiger partial charge in [-0.2, -0.15) is 0 Å². The van der Waals surface area contributed by atoms with E-state index in [9.17, 15) is 9.59 Å². The fraction of sp³-hybridized carbons (Fsp3) is 0.167. The molecule has 3 rings (SSSR count). The summed E-state index contributed by atoms with van der Waals surface area (Å²) in [5.74, 6) is 0.749. The van der Waals surface area contributed by atoms with Gasteiger partial charge in [-0.1, -0.05) is 60.7 Å². The van der Waals surface area contributed by atoms with Gasteiger partial charge in [0.25, 0.3) is 5.91 Å². The molecule has 0 aromatic heterocycles. The minimum absolute atomic E-state index is 0.160. The molecular weight excluding hydrogens is 366 g/mol. The van der Waals surface area contributed by atoms with Gasteiger partial charge in [0.2, 0.25) is 0 Å². The SMILES string of the molecule is COc1ccc(OCC(=O)N(Cc2ccccc2)Cc2ccccc2)c(C=O)c1. The van der Waals surface area contributed by atoms with Crippen LogP contribution in [0.3, 0.4) is 0 Å². The number of aldehydes is 1. The molecule has 3 aromatic rings. The Morgan fingerprint density at radius 1 is 0.897 bits per heavy atom. The maximum atomic E-state index is 12.9. The van der Waals surface area contributed by atoms with E-state index >= 15 is 0 Å². The second-order valence-corrected chi connectivity index (χ2v) is 6.53. The van der Waals surface area contributed by atoms with Gasteiger partial charge < -0.3 is 14.4 Å². The molecule has 0 aliphatic rings. The van der Waals surface area contributed by atoms with Gasteiger partial charge in [-0.3, -0.25) is 9.59 Å². The molecule has 0 heterocycles. The lowest BCUT2D eigenvalue weighted by Crippen LogP contribution is -2.34. The van der Waals surface area contributed by atoms with Crippen LogP contribution >= 0.6 is 0 Å². The van der Waals surface area contributed by atoms with Crippen LogP contribution in [-0.4, -0.2) is 30.8 Å². The Morgan fingerprint density at radius 2 is 1.48 bits per heavy atom. The molecule has 0 aliphatic heterocycles. The standard InChI is InChI=1S/C24H23NO4/c1-28-22-12-13-23(21(14-22)17-26)29-18-24(27)25(15-19-8-4-2-5-9-19)16-20-10-6-3-7-11-20/h2-14,17H,15-16,18H2,1H3. The van der Waals surface area contributed by atoms with Crippen molar-refractivity contribution in [2.24, 2.45) is 0 Å². The normalized spacial score (nSPS) is 10.2. The Balaban J connectivity index is 1.73. The average Bonchev–Trinajstić information content (AvgIpc) is 2.78. The van der Waals surface area contributed by atoms with Crippen molar-refractivity contribution < 1.29 is 19.1 Å². The van der Waals surface area contributed by atoms with E-state index in [1.807, 2.05) is 60.7 Å². The first-order valence-electron chi connectivity index (χ1n) is 9.31. The van der Waals surface area contributed by atoms with Gasteiger partial charge in [-0.15, -0.1) is 0 Å². The highest BCUT2D eigenvalue weighted by Crippen LogP contribution is 2.23. The third-order valence-electron chi connectivity index (χ3n) is 4.48. The van der Waals surface area contributed by atoms with Crippen LogP contribution in [0, 0.1) is 0 Å². The van der Waals surface area contributed by atoms with E-state index in [1.165, 1.54) is 7.11 Å². The molecule has 3 aromatic carbocycles. The zero-order valence-corrected chi connectivity index (χ0v) is 16.3. The molecule has 148 valence electrons. The Hall–Kier alpha value is -3.60. The van der Waals surface area contributed by atoms with Gasteiger partial charge in [-0.25, -0.2) is 0 Å². The largest absolute Gasteiger partial charge is 0.497 e. The number of hydrogen-bond acceptors (Lipinski definition) is 4. The third-order valence-corrected chi connectivity index (χ3v) is 4.48. The first-order valence-corrected chi connectivity index (χ1v) is 9.31. The van der Waals surface area contributed by atoms with Crippen LogP contribution in [-0.2, 0) is 17.9 Å². The number of hydrogen-bond donors (Lipinski definition) is 0. The van der Waals surface area contributed by atoms with E-state index in [0.29, 0.717) is 36.4 Å². The van der Waals surface area contributed by atoms with Crippen LogP contribution in [0.1, 0.15) is 21.5 Å². The van der Waals surface area contributed by atoms with Gasteiger partial charge >= 0.3 is 0 Å². The van der Waals surface area contributed by atoms with Crippen molar-refractivity contribution in [3.05, 3.63) is 95.6 Å². The molecule has 0 spiro atoms. The number of carbonyl (C=O) groups is 2. The van der Waals surface area contributed by atoms with Crippen molar-refractivity contribution in [1.82, 2.24) is 4.90 Å². The Bertz CT molecular complexity index is 900. The summed E-state index contributed by atoms with van der Waals surface area (Å²) in [5, 5.41) is 0. The molecule has 0 saturated heterocycles. The summed E-state index contributed by atoms with van der Waals surface area (Å²) in [6.07, 6.45) is 0.689. The summed E-state index contributed by atoms with van der Waals surface area (Å²) in [4.78, 5) is 26.0. The van der Waals surface area contributed by atoms with Crippen LogP contribution in [0.15, 0.2) is 78.9 Å². The Labute approximate surface area is 170 Å². The summed E-state index contributed by atoms with van der Waals surface area (Å²) in [5.41, 5.74) is 2.42. The number of carbonyl (C=O) groups excluding carboxylic acids is 2.